The van der Waals surface area contributed by atoms with Gasteiger partial charge in [-0.25, -0.2) is 13.1 Å². The van der Waals surface area contributed by atoms with Crippen molar-refractivity contribution in [1.82, 2.24) is 15.6 Å². The van der Waals surface area contributed by atoms with E-state index in [0.29, 0.717) is 29.2 Å². The van der Waals surface area contributed by atoms with E-state index >= 15 is 0 Å². The first kappa shape index (κ1) is 23.0. The lowest BCUT2D eigenvalue weighted by Gasteiger charge is -2.12. The molecule has 3 rings (SSSR count). The maximum absolute atomic E-state index is 12.6. The highest BCUT2D eigenvalue weighted by Gasteiger charge is 2.19. The number of hydrazine groups is 1. The van der Waals surface area contributed by atoms with Crippen molar-refractivity contribution in [3.05, 3.63) is 83.3 Å². The fourth-order valence-electron chi connectivity index (χ4n) is 2.80. The van der Waals surface area contributed by atoms with Crippen molar-refractivity contribution < 1.29 is 27.2 Å². The van der Waals surface area contributed by atoms with Crippen molar-refractivity contribution in [1.29, 1.82) is 0 Å². The Hall–Kier alpha value is -3.63. The molecule has 1 aromatic heterocycles. The van der Waals surface area contributed by atoms with Crippen LogP contribution >= 0.6 is 0 Å². The third-order valence-corrected chi connectivity index (χ3v) is 5.90. The smallest absolute Gasteiger partial charge is 0.270 e. The minimum atomic E-state index is -3.88. The number of carbonyl (C=O) groups excluding carboxylic acids is 2. The maximum atomic E-state index is 12.6. The number of sulfonamides is 1. The van der Waals surface area contributed by atoms with Gasteiger partial charge in [0, 0.05) is 11.1 Å². The Bertz CT molecular complexity index is 1190. The Labute approximate surface area is 185 Å². The standard InChI is InChI=1S/C22H23N3O6S/c1-3-30-17-9-7-16(8-10-17)21(26)24-25-22(27)20-13-19(11-6-15(20)2)32(28,29)23-14-18-5-4-12-31-18/h4-13,23H,3,14H2,1-2H3,(H,24,26)(H,25,27). The van der Waals surface area contributed by atoms with Gasteiger partial charge in [0.05, 0.1) is 24.3 Å². The molecule has 0 aliphatic carbocycles. The second kappa shape index (κ2) is 10.1. The number of amides is 2. The van der Waals surface area contributed by atoms with E-state index in [-0.39, 0.29) is 17.0 Å². The summed E-state index contributed by atoms with van der Waals surface area (Å²) in [6, 6.07) is 13.9. The van der Waals surface area contributed by atoms with E-state index in [1.807, 2.05) is 6.92 Å². The molecular formula is C22H23N3O6S. The number of ether oxygens (including phenoxy) is 1. The van der Waals surface area contributed by atoms with Crippen LogP contribution in [0.2, 0.25) is 0 Å². The molecule has 10 heteroatoms. The maximum Gasteiger partial charge on any atom is 0.270 e. The van der Waals surface area contributed by atoms with Crippen LogP contribution in [0.5, 0.6) is 5.75 Å². The summed E-state index contributed by atoms with van der Waals surface area (Å²) >= 11 is 0. The third-order valence-electron chi connectivity index (χ3n) is 4.50. The average molecular weight is 458 g/mol. The van der Waals surface area contributed by atoms with E-state index in [4.69, 9.17) is 9.15 Å². The van der Waals surface area contributed by atoms with Gasteiger partial charge in [-0.05, 0) is 67.9 Å². The topological polar surface area (TPSA) is 127 Å². The molecule has 0 spiro atoms. The molecule has 2 aromatic carbocycles. The zero-order valence-electron chi connectivity index (χ0n) is 17.5. The number of furan rings is 1. The van der Waals surface area contributed by atoms with E-state index in [1.165, 1.54) is 24.5 Å². The van der Waals surface area contributed by atoms with Crippen molar-refractivity contribution in [3.63, 3.8) is 0 Å². The molecule has 2 amide bonds. The van der Waals surface area contributed by atoms with Gasteiger partial charge in [0.25, 0.3) is 11.8 Å². The summed E-state index contributed by atoms with van der Waals surface area (Å²) in [6.07, 6.45) is 1.44. The molecule has 3 N–H and O–H groups in total. The van der Waals surface area contributed by atoms with Crippen LogP contribution in [0, 0.1) is 6.92 Å². The van der Waals surface area contributed by atoms with E-state index in [9.17, 15) is 18.0 Å². The van der Waals surface area contributed by atoms with Gasteiger partial charge < -0.3 is 9.15 Å². The van der Waals surface area contributed by atoms with Gasteiger partial charge >= 0.3 is 0 Å². The van der Waals surface area contributed by atoms with Crippen LogP contribution in [0.15, 0.2) is 70.2 Å². The third kappa shape index (κ3) is 5.74. The molecule has 0 aliphatic rings. The number of rotatable bonds is 8. The van der Waals surface area contributed by atoms with Gasteiger partial charge in [-0.1, -0.05) is 6.07 Å². The quantitative estimate of drug-likeness (QED) is 0.446. The van der Waals surface area contributed by atoms with Crippen LogP contribution in [0.3, 0.4) is 0 Å². The predicted molar refractivity (Wildman–Crippen MR) is 116 cm³/mol. The Morgan fingerprint density at radius 2 is 1.72 bits per heavy atom. The van der Waals surface area contributed by atoms with Gasteiger partial charge in [0.1, 0.15) is 11.5 Å². The largest absolute Gasteiger partial charge is 0.494 e. The second-order valence-electron chi connectivity index (χ2n) is 6.75. The van der Waals surface area contributed by atoms with E-state index in [1.54, 1.807) is 43.3 Å². The zero-order chi connectivity index (χ0) is 23.1. The first-order valence-electron chi connectivity index (χ1n) is 9.76. The summed E-state index contributed by atoms with van der Waals surface area (Å²) in [4.78, 5) is 24.8. The lowest BCUT2D eigenvalue weighted by molar-refractivity contribution is 0.0846. The summed E-state index contributed by atoms with van der Waals surface area (Å²) in [5, 5.41) is 0. The van der Waals surface area contributed by atoms with E-state index < -0.39 is 21.8 Å². The molecule has 0 fully saturated rings. The SMILES string of the molecule is CCOc1ccc(C(=O)NNC(=O)c2cc(S(=O)(=O)NCc3ccco3)ccc2C)cc1. The summed E-state index contributed by atoms with van der Waals surface area (Å²) in [5.41, 5.74) is 5.61. The van der Waals surface area contributed by atoms with Crippen LogP contribution in [0.25, 0.3) is 0 Å². The second-order valence-corrected chi connectivity index (χ2v) is 8.51. The Morgan fingerprint density at radius 3 is 2.38 bits per heavy atom. The summed E-state index contributed by atoms with van der Waals surface area (Å²) in [7, 11) is -3.88. The van der Waals surface area contributed by atoms with Crippen LogP contribution in [-0.2, 0) is 16.6 Å². The van der Waals surface area contributed by atoms with Gasteiger partial charge in [-0.3, -0.25) is 20.4 Å². The summed E-state index contributed by atoms with van der Waals surface area (Å²) < 4.78 is 38.0. The molecule has 168 valence electrons. The van der Waals surface area contributed by atoms with E-state index in [0.717, 1.165) is 0 Å². The first-order valence-corrected chi connectivity index (χ1v) is 11.2. The fraction of sp³-hybridized carbons (Fsp3) is 0.182. The molecule has 0 atom stereocenters. The zero-order valence-corrected chi connectivity index (χ0v) is 18.4. The van der Waals surface area contributed by atoms with Crippen LogP contribution in [0.4, 0.5) is 0 Å². The molecule has 32 heavy (non-hydrogen) atoms. The number of aryl methyl sites for hydroxylation is 1. The van der Waals surface area contributed by atoms with Crippen LogP contribution in [0.1, 0.15) is 39.0 Å². The summed E-state index contributed by atoms with van der Waals surface area (Å²) in [6.45, 7) is 4.00. The Morgan fingerprint density at radius 1 is 1.00 bits per heavy atom. The normalized spacial score (nSPS) is 11.1. The first-order chi connectivity index (χ1) is 15.3. The predicted octanol–water partition coefficient (Wildman–Crippen LogP) is 2.54. The Balaban J connectivity index is 1.66. The molecule has 0 saturated heterocycles. The lowest BCUT2D eigenvalue weighted by Crippen LogP contribution is -2.42. The Kier molecular flexibility index (Phi) is 7.29. The molecule has 0 aliphatic heterocycles. The van der Waals surface area contributed by atoms with Gasteiger partial charge in [0.15, 0.2) is 0 Å². The number of nitrogens with one attached hydrogen (secondary N) is 3. The number of carbonyl (C=O) groups is 2. The van der Waals surface area contributed by atoms with Gasteiger partial charge in [-0.15, -0.1) is 0 Å². The molecule has 0 bridgehead atoms. The summed E-state index contributed by atoms with van der Waals surface area (Å²) in [5.74, 6) is -0.0918. The highest BCUT2D eigenvalue weighted by molar-refractivity contribution is 7.89. The van der Waals surface area contributed by atoms with Gasteiger partial charge in [-0.2, -0.15) is 0 Å². The van der Waals surface area contributed by atoms with Gasteiger partial charge in [0.2, 0.25) is 10.0 Å². The minimum Gasteiger partial charge on any atom is -0.494 e. The molecule has 3 aromatic rings. The molecule has 0 saturated carbocycles. The number of benzene rings is 2. The van der Waals surface area contributed by atoms with E-state index in [2.05, 4.69) is 15.6 Å². The van der Waals surface area contributed by atoms with Crippen molar-refractivity contribution in [2.45, 2.75) is 25.3 Å². The van der Waals surface area contributed by atoms with Crippen molar-refractivity contribution in [2.75, 3.05) is 6.61 Å². The molecule has 0 unspecified atom stereocenters. The van der Waals surface area contributed by atoms with Crippen molar-refractivity contribution in [3.8, 4) is 5.75 Å². The van der Waals surface area contributed by atoms with Crippen molar-refractivity contribution >= 4 is 21.8 Å². The minimum absolute atomic E-state index is 0.0249. The van der Waals surface area contributed by atoms with Crippen molar-refractivity contribution in [2.24, 2.45) is 0 Å². The average Bonchev–Trinajstić information content (AvgIpc) is 3.31. The molecule has 1 heterocycles. The monoisotopic (exact) mass is 457 g/mol. The molecular weight excluding hydrogens is 434 g/mol. The fourth-order valence-corrected chi connectivity index (χ4v) is 3.82. The number of hydrogen-bond acceptors (Lipinski definition) is 6. The molecule has 0 radical (unpaired) electrons. The van der Waals surface area contributed by atoms with Crippen LogP contribution < -0.4 is 20.3 Å². The highest BCUT2D eigenvalue weighted by atomic mass is 32.2. The highest BCUT2D eigenvalue weighted by Crippen LogP contribution is 2.16. The lowest BCUT2D eigenvalue weighted by atomic mass is 10.1. The van der Waals surface area contributed by atoms with Crippen LogP contribution in [-0.4, -0.2) is 26.8 Å². The molecule has 9 nitrogen and oxygen atoms in total. The number of hydrogen-bond donors (Lipinski definition) is 3.